The molecule has 0 radical (unpaired) electrons. The number of hydrogen-bond acceptors (Lipinski definition) is 5. The second-order valence-electron chi connectivity index (χ2n) is 7.34. The number of nitrogens with zero attached hydrogens (tertiary/aromatic N) is 4. The lowest BCUT2D eigenvalue weighted by atomic mass is 10.1. The third-order valence-corrected chi connectivity index (χ3v) is 5.37. The number of H-pyrrole nitrogens is 2. The van der Waals surface area contributed by atoms with E-state index in [9.17, 15) is 4.79 Å². The monoisotopic (exact) mass is 381 g/mol. The fourth-order valence-electron chi connectivity index (χ4n) is 3.73. The summed E-state index contributed by atoms with van der Waals surface area (Å²) in [6.07, 6.45) is 2.76. The van der Waals surface area contributed by atoms with E-state index in [0.29, 0.717) is 5.95 Å². The maximum atomic E-state index is 12.6. The molecule has 3 heterocycles. The highest BCUT2D eigenvalue weighted by atomic mass is 16.2. The first-order valence-electron chi connectivity index (χ1n) is 9.89. The van der Waals surface area contributed by atoms with E-state index in [2.05, 4.69) is 54.3 Å². The van der Waals surface area contributed by atoms with Crippen LogP contribution in [0.4, 0.5) is 5.95 Å². The molecule has 1 amide bonds. The topological polar surface area (TPSA) is 92.9 Å². The molecule has 8 nitrogen and oxygen atoms in total. The molecule has 0 saturated carbocycles. The van der Waals surface area contributed by atoms with Gasteiger partial charge in [0, 0.05) is 49.3 Å². The molecule has 3 N–H and O–H groups in total. The van der Waals surface area contributed by atoms with Crippen LogP contribution in [-0.4, -0.2) is 69.7 Å². The van der Waals surface area contributed by atoms with Crippen LogP contribution >= 0.6 is 0 Å². The highest BCUT2D eigenvalue weighted by molar-refractivity contribution is 5.91. The van der Waals surface area contributed by atoms with Gasteiger partial charge in [0.25, 0.3) is 5.91 Å². The van der Waals surface area contributed by atoms with Crippen LogP contribution in [0.15, 0.2) is 30.5 Å². The van der Waals surface area contributed by atoms with Crippen molar-refractivity contribution in [1.82, 2.24) is 30.4 Å². The molecular formula is C20H27N7O. The Morgan fingerprint density at radius 3 is 2.82 bits per heavy atom. The molecule has 0 bridgehead atoms. The Labute approximate surface area is 164 Å². The largest absolute Gasteiger partial charge is 0.361 e. The average Bonchev–Trinajstić information content (AvgIpc) is 3.36. The van der Waals surface area contributed by atoms with Gasteiger partial charge in [0.15, 0.2) is 0 Å². The number of nitrogens with one attached hydrogen (secondary N) is 3. The number of aromatic nitrogens is 4. The summed E-state index contributed by atoms with van der Waals surface area (Å²) in [6.45, 7) is 8.98. The fourth-order valence-corrected chi connectivity index (χ4v) is 3.73. The third kappa shape index (κ3) is 3.87. The molecule has 1 aliphatic rings. The number of para-hydroxylation sites is 1. The second-order valence-corrected chi connectivity index (χ2v) is 7.34. The Balaban J connectivity index is 1.35. The summed E-state index contributed by atoms with van der Waals surface area (Å²) in [7, 11) is 0. The molecule has 0 aliphatic carbocycles. The summed E-state index contributed by atoms with van der Waals surface area (Å²) < 4.78 is 0. The normalized spacial score (nSPS) is 16.4. The van der Waals surface area contributed by atoms with Crippen molar-refractivity contribution in [3.63, 3.8) is 0 Å². The molecule has 1 unspecified atom stereocenters. The van der Waals surface area contributed by atoms with E-state index in [0.717, 1.165) is 44.7 Å². The number of hydrogen-bond donors (Lipinski definition) is 3. The molecule has 28 heavy (non-hydrogen) atoms. The summed E-state index contributed by atoms with van der Waals surface area (Å²) in [5.74, 6) is 0.641. The first-order valence-corrected chi connectivity index (χ1v) is 9.89. The molecule has 148 valence electrons. The van der Waals surface area contributed by atoms with Gasteiger partial charge in [-0.25, -0.2) is 0 Å². The summed E-state index contributed by atoms with van der Waals surface area (Å²) in [5, 5.41) is 11.2. The minimum atomic E-state index is -0.224. The fraction of sp³-hybridized carbons (Fsp3) is 0.450. The van der Waals surface area contributed by atoms with Gasteiger partial charge in [-0.2, -0.15) is 4.98 Å². The molecular weight excluding hydrogens is 354 g/mol. The SMILES string of the molecule is CCN1CCN(c2n[nH]c(C(=O)NC(C)Cc3c[nH]c4ccccc34)n2)CC1. The van der Waals surface area contributed by atoms with E-state index in [1.807, 2.05) is 25.3 Å². The molecule has 1 fully saturated rings. The van der Waals surface area contributed by atoms with Gasteiger partial charge >= 0.3 is 0 Å². The van der Waals surface area contributed by atoms with Gasteiger partial charge in [0.05, 0.1) is 0 Å². The Bertz CT molecular complexity index is 939. The molecule has 3 aromatic rings. The predicted molar refractivity (Wildman–Crippen MR) is 110 cm³/mol. The second kappa shape index (κ2) is 8.02. The van der Waals surface area contributed by atoms with Crippen molar-refractivity contribution in [2.75, 3.05) is 37.6 Å². The lowest BCUT2D eigenvalue weighted by Gasteiger charge is -2.33. The Hall–Kier alpha value is -2.87. The maximum absolute atomic E-state index is 12.6. The number of aromatic amines is 2. The Kier molecular flexibility index (Phi) is 5.29. The summed E-state index contributed by atoms with van der Waals surface area (Å²) in [6, 6.07) is 8.17. The summed E-state index contributed by atoms with van der Waals surface area (Å²) >= 11 is 0. The first kappa shape index (κ1) is 18.5. The molecule has 4 rings (SSSR count). The number of anilines is 1. The van der Waals surface area contributed by atoms with Gasteiger partial charge in [-0.15, -0.1) is 5.10 Å². The van der Waals surface area contributed by atoms with Crippen LogP contribution in [0.2, 0.25) is 0 Å². The van der Waals surface area contributed by atoms with E-state index in [1.54, 1.807) is 0 Å². The molecule has 1 aliphatic heterocycles. The van der Waals surface area contributed by atoms with E-state index in [-0.39, 0.29) is 17.8 Å². The van der Waals surface area contributed by atoms with Gasteiger partial charge in [-0.1, -0.05) is 25.1 Å². The Morgan fingerprint density at radius 2 is 2.04 bits per heavy atom. The number of amides is 1. The van der Waals surface area contributed by atoms with Crippen molar-refractivity contribution in [3.8, 4) is 0 Å². The van der Waals surface area contributed by atoms with Gasteiger partial charge in [-0.05, 0) is 31.5 Å². The van der Waals surface area contributed by atoms with Crippen LogP contribution in [0.25, 0.3) is 10.9 Å². The summed E-state index contributed by atoms with van der Waals surface area (Å²) in [4.78, 5) is 24.8. The van der Waals surface area contributed by atoms with Crippen molar-refractivity contribution in [2.24, 2.45) is 0 Å². The quantitative estimate of drug-likeness (QED) is 0.605. The maximum Gasteiger partial charge on any atom is 0.288 e. The molecule has 1 atom stereocenters. The Morgan fingerprint density at radius 1 is 1.25 bits per heavy atom. The van der Waals surface area contributed by atoms with Crippen molar-refractivity contribution in [1.29, 1.82) is 0 Å². The molecule has 1 saturated heterocycles. The standard InChI is InChI=1S/C20H27N7O/c1-3-26-8-10-27(11-9-26)20-23-18(24-25-20)19(28)22-14(2)12-15-13-21-17-7-5-4-6-16(15)17/h4-7,13-14,21H,3,8-12H2,1-2H3,(H,22,28)(H,23,24,25). The number of rotatable bonds is 6. The zero-order valence-electron chi connectivity index (χ0n) is 16.4. The lowest BCUT2D eigenvalue weighted by Crippen LogP contribution is -2.46. The van der Waals surface area contributed by atoms with E-state index < -0.39 is 0 Å². The molecule has 1 aromatic carbocycles. The minimum Gasteiger partial charge on any atom is -0.361 e. The third-order valence-electron chi connectivity index (χ3n) is 5.37. The van der Waals surface area contributed by atoms with Crippen LogP contribution in [0.5, 0.6) is 0 Å². The van der Waals surface area contributed by atoms with Crippen LogP contribution in [0, 0.1) is 0 Å². The van der Waals surface area contributed by atoms with Crippen LogP contribution in [0.1, 0.15) is 30.0 Å². The van der Waals surface area contributed by atoms with Crippen LogP contribution < -0.4 is 10.2 Å². The van der Waals surface area contributed by atoms with Crippen molar-refractivity contribution >= 4 is 22.8 Å². The molecule has 0 spiro atoms. The zero-order valence-corrected chi connectivity index (χ0v) is 16.4. The predicted octanol–water partition coefficient (Wildman–Crippen LogP) is 1.79. The van der Waals surface area contributed by atoms with E-state index >= 15 is 0 Å². The van der Waals surface area contributed by atoms with Crippen LogP contribution in [-0.2, 0) is 6.42 Å². The minimum absolute atomic E-state index is 0.0200. The average molecular weight is 381 g/mol. The first-order chi connectivity index (χ1) is 13.6. The van der Waals surface area contributed by atoms with Gasteiger partial charge in [0.1, 0.15) is 0 Å². The smallest absolute Gasteiger partial charge is 0.288 e. The van der Waals surface area contributed by atoms with Gasteiger partial charge in [0.2, 0.25) is 11.8 Å². The van der Waals surface area contributed by atoms with Gasteiger partial charge < -0.3 is 20.1 Å². The van der Waals surface area contributed by atoms with E-state index in [1.165, 1.54) is 10.9 Å². The number of fused-ring (bicyclic) bond motifs is 1. The van der Waals surface area contributed by atoms with E-state index in [4.69, 9.17) is 0 Å². The highest BCUT2D eigenvalue weighted by Gasteiger charge is 2.21. The van der Waals surface area contributed by atoms with Crippen molar-refractivity contribution in [3.05, 3.63) is 41.9 Å². The zero-order chi connectivity index (χ0) is 19.5. The van der Waals surface area contributed by atoms with Gasteiger partial charge in [-0.3, -0.25) is 9.89 Å². The lowest BCUT2D eigenvalue weighted by molar-refractivity contribution is 0.0930. The van der Waals surface area contributed by atoms with Crippen molar-refractivity contribution < 1.29 is 4.79 Å². The highest BCUT2D eigenvalue weighted by Crippen LogP contribution is 2.19. The summed E-state index contributed by atoms with van der Waals surface area (Å²) in [5.41, 5.74) is 2.30. The number of likely N-dealkylation sites (N-methyl/N-ethyl adjacent to an activating group) is 1. The molecule has 2 aromatic heterocycles. The van der Waals surface area contributed by atoms with Crippen molar-refractivity contribution in [2.45, 2.75) is 26.3 Å². The number of benzene rings is 1. The number of carbonyl (C=O) groups is 1. The number of piperazine rings is 1. The number of carbonyl (C=O) groups excluding carboxylic acids is 1. The van der Waals surface area contributed by atoms with Crippen LogP contribution in [0.3, 0.4) is 0 Å². The molecule has 8 heteroatoms.